The van der Waals surface area contributed by atoms with Crippen molar-refractivity contribution >= 4 is 22.0 Å². The molecule has 0 aromatic carbocycles. The van der Waals surface area contributed by atoms with Crippen LogP contribution in [0, 0.1) is 5.92 Å². The summed E-state index contributed by atoms with van der Waals surface area (Å²) in [6, 6.07) is 0. The molecule has 11 heavy (non-hydrogen) atoms. The third-order valence-electron chi connectivity index (χ3n) is 0.912. The lowest BCUT2D eigenvalue weighted by molar-refractivity contribution is 0.133. The first-order chi connectivity index (χ1) is 5.16. The summed E-state index contributed by atoms with van der Waals surface area (Å²) in [5.41, 5.74) is 0. The van der Waals surface area contributed by atoms with E-state index in [0.717, 1.165) is 5.33 Å². The Bertz CT molecular complexity index is 117. The van der Waals surface area contributed by atoms with E-state index in [9.17, 15) is 4.79 Å². The monoisotopic (exact) mass is 223 g/mol. The number of hydrogen-bond donors (Lipinski definition) is 1. The van der Waals surface area contributed by atoms with Crippen LogP contribution in [0.4, 0.5) is 4.79 Å². The normalized spacial score (nSPS) is 9.82. The second kappa shape index (κ2) is 6.46. The van der Waals surface area contributed by atoms with E-state index < -0.39 is 0 Å². The fourth-order valence-corrected chi connectivity index (χ4v) is 0.641. The van der Waals surface area contributed by atoms with Crippen LogP contribution in [0.15, 0.2) is 0 Å². The number of alkyl carbamates (subject to hydrolysis) is 1. The van der Waals surface area contributed by atoms with E-state index in [-0.39, 0.29) is 6.09 Å². The Hall–Kier alpha value is -0.250. The van der Waals surface area contributed by atoms with Gasteiger partial charge in [0.1, 0.15) is 0 Å². The van der Waals surface area contributed by atoms with Gasteiger partial charge in [0.25, 0.3) is 0 Å². The Kier molecular flexibility index (Phi) is 6.31. The number of carbonyl (C=O) groups is 1. The van der Waals surface area contributed by atoms with E-state index in [1.54, 1.807) is 0 Å². The van der Waals surface area contributed by atoms with Gasteiger partial charge in [-0.05, 0) is 5.92 Å². The van der Waals surface area contributed by atoms with Crippen LogP contribution in [0.25, 0.3) is 0 Å². The van der Waals surface area contributed by atoms with Crippen LogP contribution in [-0.2, 0) is 4.74 Å². The van der Waals surface area contributed by atoms with Crippen LogP contribution in [0.5, 0.6) is 0 Å². The molecule has 0 saturated heterocycles. The molecule has 0 aliphatic rings. The molecular weight excluding hydrogens is 210 g/mol. The first-order valence-electron chi connectivity index (χ1n) is 3.63. The summed E-state index contributed by atoms with van der Waals surface area (Å²) in [6.07, 6.45) is -0.335. The minimum Gasteiger partial charge on any atom is -0.449 e. The first kappa shape index (κ1) is 10.8. The van der Waals surface area contributed by atoms with Crippen molar-refractivity contribution in [1.29, 1.82) is 0 Å². The first-order valence-corrected chi connectivity index (χ1v) is 4.75. The Labute approximate surface area is 75.6 Å². The highest BCUT2D eigenvalue weighted by molar-refractivity contribution is 9.09. The third-order valence-corrected chi connectivity index (χ3v) is 1.31. The van der Waals surface area contributed by atoms with Crippen molar-refractivity contribution in [2.45, 2.75) is 13.8 Å². The smallest absolute Gasteiger partial charge is 0.407 e. The minimum absolute atomic E-state index is 0.335. The van der Waals surface area contributed by atoms with Crippen LogP contribution in [0.2, 0.25) is 0 Å². The molecule has 0 rings (SSSR count). The molecule has 0 unspecified atom stereocenters. The highest BCUT2D eigenvalue weighted by Crippen LogP contribution is 1.92. The van der Waals surface area contributed by atoms with Crippen molar-refractivity contribution in [1.82, 2.24) is 5.32 Å². The second-order valence-corrected chi connectivity index (χ2v) is 3.40. The van der Waals surface area contributed by atoms with Crippen LogP contribution < -0.4 is 5.32 Å². The number of ether oxygens (including phenoxy) is 1. The average molecular weight is 224 g/mol. The van der Waals surface area contributed by atoms with Gasteiger partial charge in [0.05, 0.1) is 6.61 Å². The predicted molar refractivity (Wildman–Crippen MR) is 48.0 cm³/mol. The molecule has 0 spiro atoms. The van der Waals surface area contributed by atoms with Gasteiger partial charge < -0.3 is 10.1 Å². The maximum Gasteiger partial charge on any atom is 0.407 e. The van der Waals surface area contributed by atoms with Gasteiger partial charge in [-0.25, -0.2) is 4.79 Å². The molecule has 0 bridgehead atoms. The molecule has 0 heterocycles. The number of hydrogen-bond acceptors (Lipinski definition) is 2. The highest BCUT2D eigenvalue weighted by Gasteiger charge is 2.00. The average Bonchev–Trinajstić information content (AvgIpc) is 1.97. The summed E-state index contributed by atoms with van der Waals surface area (Å²) in [7, 11) is 0. The molecule has 0 aromatic rings. The standard InChI is InChI=1S/C7H14BrNO2/c1-6(2)5-11-7(10)9-4-3-8/h6H,3-5H2,1-2H3,(H,9,10). The molecule has 4 heteroatoms. The molecule has 0 fully saturated rings. The Balaban J connectivity index is 3.23. The number of nitrogens with one attached hydrogen (secondary N) is 1. The molecule has 0 aliphatic heterocycles. The van der Waals surface area contributed by atoms with E-state index in [4.69, 9.17) is 4.74 Å². The van der Waals surface area contributed by atoms with Gasteiger partial charge in [0.15, 0.2) is 0 Å². The zero-order valence-corrected chi connectivity index (χ0v) is 8.48. The number of rotatable bonds is 4. The van der Waals surface area contributed by atoms with Crippen molar-refractivity contribution in [3.63, 3.8) is 0 Å². The quantitative estimate of drug-likeness (QED) is 0.739. The van der Waals surface area contributed by atoms with Gasteiger partial charge in [-0.2, -0.15) is 0 Å². The highest BCUT2D eigenvalue weighted by atomic mass is 79.9. The van der Waals surface area contributed by atoms with Gasteiger partial charge >= 0.3 is 6.09 Å². The minimum atomic E-state index is -0.335. The Morgan fingerprint density at radius 3 is 2.73 bits per heavy atom. The van der Waals surface area contributed by atoms with Gasteiger partial charge in [-0.1, -0.05) is 29.8 Å². The van der Waals surface area contributed by atoms with Gasteiger partial charge in [-0.3, -0.25) is 0 Å². The van der Waals surface area contributed by atoms with E-state index >= 15 is 0 Å². The fraction of sp³-hybridized carbons (Fsp3) is 0.857. The largest absolute Gasteiger partial charge is 0.449 e. The van der Waals surface area contributed by atoms with Crippen molar-refractivity contribution in [3.8, 4) is 0 Å². The lowest BCUT2D eigenvalue weighted by Crippen LogP contribution is -2.27. The van der Waals surface area contributed by atoms with E-state index in [1.807, 2.05) is 13.8 Å². The summed E-state index contributed by atoms with van der Waals surface area (Å²) in [5, 5.41) is 3.33. The van der Waals surface area contributed by atoms with E-state index in [2.05, 4.69) is 21.2 Å². The van der Waals surface area contributed by atoms with E-state index in [1.165, 1.54) is 0 Å². The molecule has 1 amide bonds. The molecule has 66 valence electrons. The number of halogens is 1. The number of alkyl halides is 1. The molecule has 0 atom stereocenters. The number of carbonyl (C=O) groups excluding carboxylic acids is 1. The molecule has 0 aromatic heterocycles. The third kappa shape index (κ3) is 7.65. The summed E-state index contributed by atoms with van der Waals surface area (Å²) in [5.74, 6) is 0.393. The Morgan fingerprint density at radius 2 is 2.27 bits per heavy atom. The van der Waals surface area contributed by atoms with Crippen LogP contribution in [-0.4, -0.2) is 24.6 Å². The topological polar surface area (TPSA) is 38.3 Å². The van der Waals surface area contributed by atoms with Crippen molar-refractivity contribution in [2.24, 2.45) is 5.92 Å². The molecule has 3 nitrogen and oxygen atoms in total. The zero-order chi connectivity index (χ0) is 8.69. The fourth-order valence-electron chi connectivity index (χ4n) is 0.443. The lowest BCUT2D eigenvalue weighted by Gasteiger charge is -2.07. The molecular formula is C7H14BrNO2. The maximum atomic E-state index is 10.8. The SMILES string of the molecule is CC(C)COC(=O)NCCBr. The summed E-state index contributed by atoms with van der Waals surface area (Å²) < 4.78 is 4.83. The van der Waals surface area contributed by atoms with Crippen molar-refractivity contribution in [3.05, 3.63) is 0 Å². The lowest BCUT2D eigenvalue weighted by atomic mass is 10.2. The summed E-state index contributed by atoms with van der Waals surface area (Å²) in [4.78, 5) is 10.8. The summed E-state index contributed by atoms with van der Waals surface area (Å²) in [6.45, 7) is 5.08. The Morgan fingerprint density at radius 1 is 1.64 bits per heavy atom. The van der Waals surface area contributed by atoms with Crippen molar-refractivity contribution < 1.29 is 9.53 Å². The molecule has 0 saturated carbocycles. The van der Waals surface area contributed by atoms with Gasteiger partial charge in [-0.15, -0.1) is 0 Å². The summed E-state index contributed by atoms with van der Waals surface area (Å²) >= 11 is 3.19. The van der Waals surface area contributed by atoms with Gasteiger partial charge in [0, 0.05) is 11.9 Å². The zero-order valence-electron chi connectivity index (χ0n) is 6.89. The molecule has 0 radical (unpaired) electrons. The second-order valence-electron chi connectivity index (χ2n) is 2.61. The predicted octanol–water partition coefficient (Wildman–Crippen LogP) is 1.76. The van der Waals surface area contributed by atoms with Crippen molar-refractivity contribution in [2.75, 3.05) is 18.5 Å². The maximum absolute atomic E-state index is 10.8. The molecule has 1 N–H and O–H groups in total. The van der Waals surface area contributed by atoms with E-state index in [0.29, 0.717) is 19.1 Å². The number of amides is 1. The van der Waals surface area contributed by atoms with Crippen LogP contribution >= 0.6 is 15.9 Å². The van der Waals surface area contributed by atoms with Crippen LogP contribution in [0.3, 0.4) is 0 Å². The molecule has 0 aliphatic carbocycles. The van der Waals surface area contributed by atoms with Gasteiger partial charge in [0.2, 0.25) is 0 Å². The van der Waals surface area contributed by atoms with Crippen LogP contribution in [0.1, 0.15) is 13.8 Å².